The van der Waals surface area contributed by atoms with Gasteiger partial charge in [0.1, 0.15) is 5.41 Å². The van der Waals surface area contributed by atoms with E-state index in [0.29, 0.717) is 13.2 Å². The van der Waals surface area contributed by atoms with E-state index in [-0.39, 0.29) is 5.91 Å². The van der Waals surface area contributed by atoms with E-state index in [4.69, 9.17) is 4.74 Å². The van der Waals surface area contributed by atoms with E-state index in [1.807, 2.05) is 0 Å². The quantitative estimate of drug-likeness (QED) is 0.688. The Bertz CT molecular complexity index is 290. The fourth-order valence-corrected chi connectivity index (χ4v) is 2.44. The largest absolute Gasteiger partial charge is 0.385 e. The lowest BCUT2D eigenvalue weighted by molar-refractivity contribution is -0.139. The van der Waals surface area contributed by atoms with Crippen molar-refractivity contribution >= 4 is 5.91 Å². The summed E-state index contributed by atoms with van der Waals surface area (Å²) in [6.07, 6.45) is 5.38. The zero-order valence-electron chi connectivity index (χ0n) is 10.9. The molecule has 1 amide bonds. The first-order valence-corrected chi connectivity index (χ1v) is 6.32. The van der Waals surface area contributed by atoms with Gasteiger partial charge in [-0.25, -0.2) is 0 Å². The Hall–Kier alpha value is -1.08. The SMILES string of the molecule is COCCCN(C)C(=O)C1(C#N)CCCCC1. The zero-order valence-corrected chi connectivity index (χ0v) is 10.9. The summed E-state index contributed by atoms with van der Waals surface area (Å²) in [7, 11) is 3.44. The van der Waals surface area contributed by atoms with Crippen molar-refractivity contribution in [2.24, 2.45) is 5.41 Å². The number of nitrogens with zero attached hydrogens (tertiary/aromatic N) is 2. The number of carbonyl (C=O) groups excluding carboxylic acids is 1. The molecule has 0 saturated heterocycles. The van der Waals surface area contributed by atoms with Crippen molar-refractivity contribution in [3.8, 4) is 6.07 Å². The molecule has 4 heteroatoms. The normalized spacial score (nSPS) is 18.4. The van der Waals surface area contributed by atoms with Crippen LogP contribution in [0, 0.1) is 16.7 Å². The highest BCUT2D eigenvalue weighted by Gasteiger charge is 2.41. The second kappa shape index (κ2) is 6.61. The van der Waals surface area contributed by atoms with Gasteiger partial charge in [0.25, 0.3) is 0 Å². The molecule has 0 aromatic rings. The van der Waals surface area contributed by atoms with E-state index in [1.54, 1.807) is 19.1 Å². The minimum Gasteiger partial charge on any atom is -0.385 e. The van der Waals surface area contributed by atoms with Crippen LogP contribution in [0.5, 0.6) is 0 Å². The fourth-order valence-electron chi connectivity index (χ4n) is 2.44. The first-order valence-electron chi connectivity index (χ1n) is 6.32. The average Bonchev–Trinajstić information content (AvgIpc) is 2.38. The van der Waals surface area contributed by atoms with Crippen LogP contribution >= 0.6 is 0 Å². The van der Waals surface area contributed by atoms with E-state index in [9.17, 15) is 10.1 Å². The van der Waals surface area contributed by atoms with Gasteiger partial charge in [-0.2, -0.15) is 5.26 Å². The van der Waals surface area contributed by atoms with Gasteiger partial charge in [-0.05, 0) is 19.3 Å². The van der Waals surface area contributed by atoms with Gasteiger partial charge in [-0.1, -0.05) is 19.3 Å². The molecule has 1 fully saturated rings. The van der Waals surface area contributed by atoms with Crippen LogP contribution in [0.25, 0.3) is 0 Å². The number of amides is 1. The smallest absolute Gasteiger partial charge is 0.242 e. The molecule has 0 spiro atoms. The molecule has 0 radical (unpaired) electrons. The summed E-state index contributed by atoms with van der Waals surface area (Å²) in [4.78, 5) is 14.0. The molecular formula is C13H22N2O2. The predicted molar refractivity (Wildman–Crippen MR) is 65.3 cm³/mol. The third-order valence-corrected chi connectivity index (χ3v) is 3.52. The minimum absolute atomic E-state index is 0.00389. The third kappa shape index (κ3) is 3.44. The molecule has 1 saturated carbocycles. The maximum atomic E-state index is 12.3. The Labute approximate surface area is 104 Å². The number of nitriles is 1. The molecule has 0 aromatic carbocycles. The minimum atomic E-state index is -0.750. The number of methoxy groups -OCH3 is 1. The molecule has 0 atom stereocenters. The van der Waals surface area contributed by atoms with Crippen molar-refractivity contribution in [2.45, 2.75) is 38.5 Å². The average molecular weight is 238 g/mol. The van der Waals surface area contributed by atoms with Crippen molar-refractivity contribution in [1.82, 2.24) is 4.90 Å². The summed E-state index contributed by atoms with van der Waals surface area (Å²) in [6.45, 7) is 1.31. The second-order valence-corrected chi connectivity index (χ2v) is 4.83. The van der Waals surface area contributed by atoms with E-state index in [0.717, 1.165) is 38.5 Å². The topological polar surface area (TPSA) is 53.3 Å². The molecule has 0 unspecified atom stereocenters. The van der Waals surface area contributed by atoms with E-state index < -0.39 is 5.41 Å². The van der Waals surface area contributed by atoms with Crippen LogP contribution in [0.1, 0.15) is 38.5 Å². The standard InChI is InChI=1S/C13H22N2O2/c1-15(9-6-10-17-2)12(16)13(11-14)7-4-3-5-8-13/h3-10H2,1-2H3. The number of carbonyl (C=O) groups is 1. The number of hydrogen-bond donors (Lipinski definition) is 0. The molecule has 1 aliphatic carbocycles. The first-order chi connectivity index (χ1) is 8.16. The summed E-state index contributed by atoms with van der Waals surface area (Å²) in [5, 5.41) is 9.31. The lowest BCUT2D eigenvalue weighted by Gasteiger charge is -2.33. The molecule has 96 valence electrons. The molecule has 0 heterocycles. The van der Waals surface area contributed by atoms with Gasteiger partial charge in [0.2, 0.25) is 5.91 Å². The third-order valence-electron chi connectivity index (χ3n) is 3.52. The molecule has 1 rings (SSSR count). The van der Waals surface area contributed by atoms with E-state index >= 15 is 0 Å². The Kier molecular flexibility index (Phi) is 5.43. The van der Waals surface area contributed by atoms with E-state index in [1.165, 1.54) is 0 Å². The van der Waals surface area contributed by atoms with Gasteiger partial charge in [0, 0.05) is 27.3 Å². The van der Waals surface area contributed by atoms with Crippen molar-refractivity contribution < 1.29 is 9.53 Å². The van der Waals surface area contributed by atoms with Gasteiger partial charge in [0.15, 0.2) is 0 Å². The monoisotopic (exact) mass is 238 g/mol. The molecule has 4 nitrogen and oxygen atoms in total. The van der Waals surface area contributed by atoms with Gasteiger partial charge < -0.3 is 9.64 Å². The summed E-state index contributed by atoms with van der Waals surface area (Å²) < 4.78 is 4.97. The zero-order chi connectivity index (χ0) is 12.7. The second-order valence-electron chi connectivity index (χ2n) is 4.83. The Morgan fingerprint density at radius 1 is 1.41 bits per heavy atom. The fraction of sp³-hybridized carbons (Fsp3) is 0.846. The van der Waals surface area contributed by atoms with Crippen LogP contribution in [0.4, 0.5) is 0 Å². The molecule has 17 heavy (non-hydrogen) atoms. The molecule has 0 N–H and O–H groups in total. The van der Waals surface area contributed by atoms with Gasteiger partial charge in [-0.3, -0.25) is 4.79 Å². The summed E-state index contributed by atoms with van der Waals surface area (Å²) in [5.41, 5.74) is -0.750. The van der Waals surface area contributed by atoms with Gasteiger partial charge in [-0.15, -0.1) is 0 Å². The number of ether oxygens (including phenoxy) is 1. The summed E-state index contributed by atoms with van der Waals surface area (Å²) in [6, 6.07) is 2.27. The van der Waals surface area contributed by atoms with Crippen LogP contribution in [0.15, 0.2) is 0 Å². The van der Waals surface area contributed by atoms with Crippen LogP contribution in [0.2, 0.25) is 0 Å². The molecule has 0 bridgehead atoms. The van der Waals surface area contributed by atoms with Gasteiger partial charge >= 0.3 is 0 Å². The van der Waals surface area contributed by atoms with Crippen molar-refractivity contribution in [3.63, 3.8) is 0 Å². The highest BCUT2D eigenvalue weighted by atomic mass is 16.5. The van der Waals surface area contributed by atoms with Crippen molar-refractivity contribution in [1.29, 1.82) is 5.26 Å². The van der Waals surface area contributed by atoms with Crippen molar-refractivity contribution in [2.75, 3.05) is 27.3 Å². The maximum Gasteiger partial charge on any atom is 0.242 e. The number of hydrogen-bond acceptors (Lipinski definition) is 3. The van der Waals surface area contributed by atoms with Crippen molar-refractivity contribution in [3.05, 3.63) is 0 Å². The first kappa shape index (κ1) is 14.0. The van der Waals surface area contributed by atoms with Crippen LogP contribution in [-0.4, -0.2) is 38.1 Å². The number of rotatable bonds is 5. The Morgan fingerprint density at radius 3 is 2.59 bits per heavy atom. The van der Waals surface area contributed by atoms with Gasteiger partial charge in [0.05, 0.1) is 6.07 Å². The highest BCUT2D eigenvalue weighted by molar-refractivity contribution is 5.85. The highest BCUT2D eigenvalue weighted by Crippen LogP contribution is 2.37. The molecule has 0 aliphatic heterocycles. The summed E-state index contributed by atoms with van der Waals surface area (Å²) >= 11 is 0. The lowest BCUT2D eigenvalue weighted by Crippen LogP contribution is -2.43. The molecular weight excluding hydrogens is 216 g/mol. The van der Waals surface area contributed by atoms with Crippen LogP contribution in [-0.2, 0) is 9.53 Å². The Morgan fingerprint density at radius 2 is 2.06 bits per heavy atom. The van der Waals surface area contributed by atoms with Crippen LogP contribution < -0.4 is 0 Å². The lowest BCUT2D eigenvalue weighted by atomic mass is 9.74. The summed E-state index contributed by atoms with van der Waals surface area (Å²) in [5.74, 6) is -0.00389. The molecule has 0 aromatic heterocycles. The van der Waals surface area contributed by atoms with E-state index in [2.05, 4.69) is 6.07 Å². The predicted octanol–water partition coefficient (Wildman–Crippen LogP) is 1.96. The Balaban J connectivity index is 2.56. The maximum absolute atomic E-state index is 12.3. The molecule has 1 aliphatic rings. The van der Waals surface area contributed by atoms with Crippen LogP contribution in [0.3, 0.4) is 0 Å².